The summed E-state index contributed by atoms with van der Waals surface area (Å²) in [5.74, 6) is -0.259. The maximum atomic E-state index is 10.5. The molecule has 1 rings (SSSR count). The normalized spacial score (nSPS) is 11.5. The summed E-state index contributed by atoms with van der Waals surface area (Å²) in [5.41, 5.74) is -0.447. The Balaban J connectivity index is 2.99. The molecular formula is C9H8N2O4. The molecule has 0 bridgehead atoms. The summed E-state index contributed by atoms with van der Waals surface area (Å²) in [5, 5.41) is 28.1. The highest BCUT2D eigenvalue weighted by atomic mass is 16.6. The summed E-state index contributed by atoms with van der Waals surface area (Å²) in [6.07, 6.45) is -0.700. The van der Waals surface area contributed by atoms with Crippen molar-refractivity contribution in [3.8, 4) is 17.6 Å². The van der Waals surface area contributed by atoms with Gasteiger partial charge < -0.3 is 9.84 Å². The zero-order chi connectivity index (χ0) is 11.4. The molecule has 1 atom stereocenters. The first-order valence-corrected chi connectivity index (χ1v) is 4.08. The molecule has 0 aliphatic carbocycles. The lowest BCUT2D eigenvalue weighted by molar-refractivity contribution is -0.385. The Labute approximate surface area is 85.5 Å². The fourth-order valence-electron chi connectivity index (χ4n) is 0.953. The third kappa shape index (κ3) is 2.57. The number of hydrogen-bond donors (Lipinski definition) is 1. The molecule has 0 aliphatic heterocycles. The monoisotopic (exact) mass is 208 g/mol. The summed E-state index contributed by atoms with van der Waals surface area (Å²) in [4.78, 5) is 9.73. The van der Waals surface area contributed by atoms with Crippen LogP contribution < -0.4 is 4.74 Å². The number of phenols is 1. The Morgan fingerprint density at radius 3 is 2.87 bits per heavy atom. The van der Waals surface area contributed by atoms with Crippen LogP contribution in [0.5, 0.6) is 11.5 Å². The van der Waals surface area contributed by atoms with E-state index in [2.05, 4.69) is 0 Å². The van der Waals surface area contributed by atoms with Gasteiger partial charge in [0.15, 0.2) is 11.9 Å². The second kappa shape index (κ2) is 4.28. The van der Waals surface area contributed by atoms with Gasteiger partial charge in [0.05, 0.1) is 11.0 Å². The maximum Gasteiger partial charge on any atom is 0.314 e. The van der Waals surface area contributed by atoms with E-state index in [1.807, 2.05) is 6.07 Å². The lowest BCUT2D eigenvalue weighted by atomic mass is 10.3. The minimum atomic E-state index is -0.723. The molecule has 0 spiro atoms. The Morgan fingerprint density at radius 2 is 2.33 bits per heavy atom. The van der Waals surface area contributed by atoms with Crippen LogP contribution in [-0.4, -0.2) is 16.1 Å². The third-order valence-corrected chi connectivity index (χ3v) is 1.64. The van der Waals surface area contributed by atoms with E-state index < -0.39 is 22.5 Å². The molecule has 6 heteroatoms. The number of phenolic OH excluding ortho intramolecular Hbond substituents is 1. The molecule has 0 heterocycles. The van der Waals surface area contributed by atoms with Gasteiger partial charge in [-0.2, -0.15) is 5.26 Å². The summed E-state index contributed by atoms with van der Waals surface area (Å²) >= 11 is 0. The zero-order valence-electron chi connectivity index (χ0n) is 7.88. The average Bonchev–Trinajstić information content (AvgIpc) is 2.20. The van der Waals surface area contributed by atoms with Crippen molar-refractivity contribution >= 4 is 5.69 Å². The highest BCUT2D eigenvalue weighted by Crippen LogP contribution is 2.29. The second-order valence-corrected chi connectivity index (χ2v) is 2.80. The lowest BCUT2D eigenvalue weighted by Crippen LogP contribution is -2.08. The highest BCUT2D eigenvalue weighted by Gasteiger charge is 2.15. The average molecular weight is 208 g/mol. The number of nitro groups is 1. The van der Waals surface area contributed by atoms with Gasteiger partial charge in [-0.05, 0) is 19.1 Å². The van der Waals surface area contributed by atoms with Crippen LogP contribution >= 0.6 is 0 Å². The van der Waals surface area contributed by atoms with Gasteiger partial charge in [0.25, 0.3) is 0 Å². The van der Waals surface area contributed by atoms with Crippen LogP contribution in [0.15, 0.2) is 18.2 Å². The first-order chi connectivity index (χ1) is 7.04. The van der Waals surface area contributed by atoms with Crippen molar-refractivity contribution < 1.29 is 14.8 Å². The summed E-state index contributed by atoms with van der Waals surface area (Å²) in [7, 11) is 0. The number of nitriles is 1. The molecular weight excluding hydrogens is 200 g/mol. The van der Waals surface area contributed by atoms with Gasteiger partial charge in [-0.3, -0.25) is 10.1 Å². The van der Waals surface area contributed by atoms with Gasteiger partial charge in [-0.15, -0.1) is 0 Å². The largest absolute Gasteiger partial charge is 0.502 e. The molecule has 1 N–H and O–H groups in total. The Morgan fingerprint density at radius 1 is 1.67 bits per heavy atom. The van der Waals surface area contributed by atoms with E-state index in [9.17, 15) is 10.1 Å². The second-order valence-electron chi connectivity index (χ2n) is 2.80. The predicted molar refractivity (Wildman–Crippen MR) is 50.5 cm³/mol. The molecule has 0 saturated heterocycles. The highest BCUT2D eigenvalue weighted by molar-refractivity contribution is 5.49. The Hall–Kier alpha value is -2.29. The van der Waals surface area contributed by atoms with Gasteiger partial charge in [-0.25, -0.2) is 0 Å². The van der Waals surface area contributed by atoms with Crippen molar-refractivity contribution in [3.05, 3.63) is 28.3 Å². The Bertz CT molecular complexity index is 425. The van der Waals surface area contributed by atoms with E-state index >= 15 is 0 Å². The fourth-order valence-corrected chi connectivity index (χ4v) is 0.953. The first kappa shape index (κ1) is 10.8. The predicted octanol–water partition coefficient (Wildman–Crippen LogP) is 1.59. The van der Waals surface area contributed by atoms with Gasteiger partial charge in [0.1, 0.15) is 11.8 Å². The van der Waals surface area contributed by atoms with Gasteiger partial charge in [-0.1, -0.05) is 0 Å². The lowest BCUT2D eigenvalue weighted by Gasteiger charge is -2.07. The van der Waals surface area contributed by atoms with Crippen molar-refractivity contribution in [3.63, 3.8) is 0 Å². The number of ether oxygens (including phenoxy) is 1. The quantitative estimate of drug-likeness (QED) is 0.600. The Kier molecular flexibility index (Phi) is 3.08. The van der Waals surface area contributed by atoms with Crippen LogP contribution in [0.4, 0.5) is 5.69 Å². The van der Waals surface area contributed by atoms with E-state index in [0.717, 1.165) is 12.1 Å². The zero-order valence-corrected chi connectivity index (χ0v) is 7.88. The van der Waals surface area contributed by atoms with E-state index in [0.29, 0.717) is 0 Å². The summed E-state index contributed by atoms with van der Waals surface area (Å²) < 4.78 is 5.03. The van der Waals surface area contributed by atoms with Gasteiger partial charge in [0, 0.05) is 0 Å². The molecule has 1 aromatic carbocycles. The number of aromatic hydroxyl groups is 1. The van der Waals surface area contributed by atoms with E-state index in [-0.39, 0.29) is 5.75 Å². The van der Waals surface area contributed by atoms with Gasteiger partial charge >= 0.3 is 5.69 Å². The first-order valence-electron chi connectivity index (χ1n) is 4.08. The van der Waals surface area contributed by atoms with Crippen LogP contribution in [0, 0.1) is 21.4 Å². The molecule has 0 amide bonds. The fraction of sp³-hybridized carbons (Fsp3) is 0.222. The standard InChI is InChI=1S/C9H8N2O4/c1-6(5-10)15-7-2-3-9(12)8(4-7)11(13)14/h2-4,6,12H,1H3. The smallest absolute Gasteiger partial charge is 0.314 e. The van der Waals surface area contributed by atoms with Crippen LogP contribution in [0.25, 0.3) is 0 Å². The molecule has 0 aromatic heterocycles. The van der Waals surface area contributed by atoms with Crippen molar-refractivity contribution in [2.45, 2.75) is 13.0 Å². The molecule has 0 fully saturated rings. The van der Waals surface area contributed by atoms with Crippen LogP contribution in [0.3, 0.4) is 0 Å². The van der Waals surface area contributed by atoms with E-state index in [4.69, 9.17) is 15.1 Å². The van der Waals surface area contributed by atoms with Crippen LogP contribution in [0.1, 0.15) is 6.92 Å². The number of nitrogens with zero attached hydrogens (tertiary/aromatic N) is 2. The molecule has 0 radical (unpaired) electrons. The van der Waals surface area contributed by atoms with E-state index in [1.165, 1.54) is 13.0 Å². The van der Waals surface area contributed by atoms with E-state index in [1.54, 1.807) is 0 Å². The topological polar surface area (TPSA) is 96.4 Å². The molecule has 15 heavy (non-hydrogen) atoms. The van der Waals surface area contributed by atoms with Crippen molar-refractivity contribution in [2.75, 3.05) is 0 Å². The van der Waals surface area contributed by atoms with Crippen molar-refractivity contribution in [1.29, 1.82) is 5.26 Å². The summed E-state index contributed by atoms with van der Waals surface area (Å²) in [6.45, 7) is 1.51. The summed E-state index contributed by atoms with van der Waals surface area (Å²) in [6, 6.07) is 5.40. The minimum Gasteiger partial charge on any atom is -0.502 e. The number of benzene rings is 1. The van der Waals surface area contributed by atoms with Crippen LogP contribution in [0.2, 0.25) is 0 Å². The molecule has 1 unspecified atom stereocenters. The molecule has 0 saturated carbocycles. The minimum absolute atomic E-state index is 0.175. The number of hydrogen-bond acceptors (Lipinski definition) is 5. The molecule has 6 nitrogen and oxygen atoms in total. The molecule has 0 aliphatic rings. The number of rotatable bonds is 3. The molecule has 78 valence electrons. The number of nitro benzene ring substituents is 1. The maximum absolute atomic E-state index is 10.5. The SMILES string of the molecule is CC(C#N)Oc1ccc(O)c([N+](=O)[O-])c1. The molecule has 1 aromatic rings. The van der Waals surface area contributed by atoms with Crippen molar-refractivity contribution in [2.24, 2.45) is 0 Å². The van der Waals surface area contributed by atoms with Gasteiger partial charge in [0.2, 0.25) is 0 Å². The van der Waals surface area contributed by atoms with Crippen molar-refractivity contribution in [1.82, 2.24) is 0 Å². The third-order valence-electron chi connectivity index (χ3n) is 1.64. The van der Waals surface area contributed by atoms with Crippen LogP contribution in [-0.2, 0) is 0 Å².